The molecule has 1 aliphatic heterocycles. The van der Waals surface area contributed by atoms with Gasteiger partial charge in [0.15, 0.2) is 0 Å². The van der Waals surface area contributed by atoms with Crippen LogP contribution in [-0.4, -0.2) is 50.1 Å². The third-order valence-electron chi connectivity index (χ3n) is 3.81. The van der Waals surface area contributed by atoms with Crippen LogP contribution in [0.2, 0.25) is 0 Å². The van der Waals surface area contributed by atoms with E-state index in [0.29, 0.717) is 24.6 Å². The standard InChI is InChI=1S/C16H22N2O4/c1-11(10-21-2)18-9-12(7-15(18)19)16(20)17-13-5-4-6-14(8-13)22-3/h4-6,8,11-12H,7,9-10H2,1-3H3,(H,17,20)/t11-,12-/m1/s1. The number of amides is 2. The second kappa shape index (κ2) is 7.26. The molecule has 22 heavy (non-hydrogen) atoms. The normalized spacial score (nSPS) is 19.1. The van der Waals surface area contributed by atoms with Crippen molar-refractivity contribution in [2.45, 2.75) is 19.4 Å². The molecule has 1 N–H and O–H groups in total. The largest absolute Gasteiger partial charge is 0.497 e. The van der Waals surface area contributed by atoms with Crippen LogP contribution >= 0.6 is 0 Å². The van der Waals surface area contributed by atoms with Gasteiger partial charge in [0.2, 0.25) is 11.8 Å². The lowest BCUT2D eigenvalue weighted by Crippen LogP contribution is -2.38. The maximum absolute atomic E-state index is 12.3. The lowest BCUT2D eigenvalue weighted by molar-refractivity contribution is -0.130. The van der Waals surface area contributed by atoms with Crippen molar-refractivity contribution in [1.82, 2.24) is 4.90 Å². The van der Waals surface area contributed by atoms with E-state index in [1.54, 1.807) is 37.3 Å². The quantitative estimate of drug-likeness (QED) is 0.865. The molecule has 1 aromatic rings. The van der Waals surface area contributed by atoms with Crippen LogP contribution in [-0.2, 0) is 14.3 Å². The van der Waals surface area contributed by atoms with Crippen molar-refractivity contribution in [2.75, 3.05) is 32.7 Å². The number of likely N-dealkylation sites (tertiary alicyclic amines) is 1. The summed E-state index contributed by atoms with van der Waals surface area (Å²) in [5, 5.41) is 2.84. The number of rotatable bonds is 6. The average molecular weight is 306 g/mol. The summed E-state index contributed by atoms with van der Waals surface area (Å²) in [5.74, 6) is 0.192. The number of benzene rings is 1. The molecule has 2 rings (SSSR count). The van der Waals surface area contributed by atoms with Crippen LogP contribution < -0.4 is 10.1 Å². The van der Waals surface area contributed by atoms with E-state index in [1.807, 2.05) is 13.0 Å². The first-order valence-corrected chi connectivity index (χ1v) is 7.28. The molecule has 6 nitrogen and oxygen atoms in total. The number of anilines is 1. The Labute approximate surface area is 130 Å². The van der Waals surface area contributed by atoms with Gasteiger partial charge in [-0.3, -0.25) is 9.59 Å². The lowest BCUT2D eigenvalue weighted by atomic mass is 10.1. The van der Waals surface area contributed by atoms with Gasteiger partial charge in [0.05, 0.1) is 25.7 Å². The minimum absolute atomic E-state index is 0.00431. The summed E-state index contributed by atoms with van der Waals surface area (Å²) in [6.07, 6.45) is 0.240. The molecule has 1 aromatic carbocycles. The molecule has 1 saturated heterocycles. The number of carbonyl (C=O) groups is 2. The Morgan fingerprint density at radius 1 is 1.45 bits per heavy atom. The number of methoxy groups -OCH3 is 2. The Morgan fingerprint density at radius 3 is 2.91 bits per heavy atom. The fraction of sp³-hybridized carbons (Fsp3) is 0.500. The van der Waals surface area contributed by atoms with Crippen molar-refractivity contribution in [3.63, 3.8) is 0 Å². The molecule has 0 unspecified atom stereocenters. The predicted octanol–water partition coefficient (Wildman–Crippen LogP) is 1.52. The van der Waals surface area contributed by atoms with Crippen LogP contribution in [0.25, 0.3) is 0 Å². The first-order chi connectivity index (χ1) is 10.5. The Balaban J connectivity index is 1.97. The molecule has 2 atom stereocenters. The highest BCUT2D eigenvalue weighted by molar-refractivity contribution is 5.97. The van der Waals surface area contributed by atoms with Crippen LogP contribution in [0.3, 0.4) is 0 Å². The predicted molar refractivity (Wildman–Crippen MR) is 82.8 cm³/mol. The van der Waals surface area contributed by atoms with Crippen molar-refractivity contribution >= 4 is 17.5 Å². The number of nitrogens with zero attached hydrogens (tertiary/aromatic N) is 1. The molecule has 0 saturated carbocycles. The van der Waals surface area contributed by atoms with Crippen molar-refractivity contribution in [1.29, 1.82) is 0 Å². The van der Waals surface area contributed by atoms with Gasteiger partial charge in [0.1, 0.15) is 5.75 Å². The molecule has 1 aliphatic rings. The van der Waals surface area contributed by atoms with Gasteiger partial charge in [0, 0.05) is 31.8 Å². The third kappa shape index (κ3) is 3.76. The fourth-order valence-corrected chi connectivity index (χ4v) is 2.61. The van der Waals surface area contributed by atoms with Crippen LogP contribution in [0.5, 0.6) is 5.75 Å². The zero-order chi connectivity index (χ0) is 16.1. The summed E-state index contributed by atoms with van der Waals surface area (Å²) in [4.78, 5) is 26.1. The van der Waals surface area contributed by atoms with Gasteiger partial charge in [-0.25, -0.2) is 0 Å². The van der Waals surface area contributed by atoms with Crippen molar-refractivity contribution in [3.05, 3.63) is 24.3 Å². The van der Waals surface area contributed by atoms with Gasteiger partial charge in [-0.1, -0.05) is 6.07 Å². The molecule has 1 fully saturated rings. The molecule has 1 heterocycles. The fourth-order valence-electron chi connectivity index (χ4n) is 2.61. The van der Waals surface area contributed by atoms with E-state index < -0.39 is 0 Å². The third-order valence-corrected chi connectivity index (χ3v) is 3.81. The molecule has 0 spiro atoms. The highest BCUT2D eigenvalue weighted by atomic mass is 16.5. The smallest absolute Gasteiger partial charge is 0.229 e. The molecule has 0 aliphatic carbocycles. The van der Waals surface area contributed by atoms with Gasteiger partial charge < -0.3 is 19.7 Å². The Morgan fingerprint density at radius 2 is 2.23 bits per heavy atom. The number of carbonyl (C=O) groups excluding carboxylic acids is 2. The van der Waals surface area contributed by atoms with Crippen LogP contribution in [0, 0.1) is 5.92 Å². The van der Waals surface area contributed by atoms with Gasteiger partial charge in [0.25, 0.3) is 0 Å². The monoisotopic (exact) mass is 306 g/mol. The molecule has 6 heteroatoms. The summed E-state index contributed by atoms with van der Waals surface area (Å²) in [7, 11) is 3.18. The average Bonchev–Trinajstić information content (AvgIpc) is 2.90. The summed E-state index contributed by atoms with van der Waals surface area (Å²) >= 11 is 0. The minimum Gasteiger partial charge on any atom is -0.497 e. The highest BCUT2D eigenvalue weighted by Gasteiger charge is 2.36. The maximum Gasteiger partial charge on any atom is 0.229 e. The van der Waals surface area contributed by atoms with E-state index in [9.17, 15) is 9.59 Å². The molecule has 0 aromatic heterocycles. The van der Waals surface area contributed by atoms with Crippen LogP contribution in [0.1, 0.15) is 13.3 Å². The second-order valence-electron chi connectivity index (χ2n) is 5.47. The number of hydrogen-bond acceptors (Lipinski definition) is 4. The number of nitrogens with one attached hydrogen (secondary N) is 1. The summed E-state index contributed by atoms with van der Waals surface area (Å²) in [6, 6.07) is 7.14. The summed E-state index contributed by atoms with van der Waals surface area (Å²) < 4.78 is 10.2. The van der Waals surface area contributed by atoms with Gasteiger partial charge in [-0.05, 0) is 19.1 Å². The Hall–Kier alpha value is -2.08. The first kappa shape index (κ1) is 16.3. The van der Waals surface area contributed by atoms with Gasteiger partial charge >= 0.3 is 0 Å². The molecule has 0 radical (unpaired) electrons. The van der Waals surface area contributed by atoms with Crippen molar-refractivity contribution in [2.24, 2.45) is 5.92 Å². The number of hydrogen-bond donors (Lipinski definition) is 1. The van der Waals surface area contributed by atoms with E-state index >= 15 is 0 Å². The molecular formula is C16H22N2O4. The van der Waals surface area contributed by atoms with E-state index in [0.717, 1.165) is 0 Å². The summed E-state index contributed by atoms with van der Waals surface area (Å²) in [5.41, 5.74) is 0.667. The van der Waals surface area contributed by atoms with Gasteiger partial charge in [-0.2, -0.15) is 0 Å². The van der Waals surface area contributed by atoms with Crippen molar-refractivity contribution < 1.29 is 19.1 Å². The van der Waals surface area contributed by atoms with Crippen LogP contribution in [0.4, 0.5) is 5.69 Å². The molecule has 120 valence electrons. The van der Waals surface area contributed by atoms with E-state index in [-0.39, 0.29) is 30.2 Å². The molecular weight excluding hydrogens is 284 g/mol. The first-order valence-electron chi connectivity index (χ1n) is 7.28. The van der Waals surface area contributed by atoms with Gasteiger partial charge in [-0.15, -0.1) is 0 Å². The number of ether oxygens (including phenoxy) is 2. The lowest BCUT2D eigenvalue weighted by Gasteiger charge is -2.23. The second-order valence-corrected chi connectivity index (χ2v) is 5.47. The topological polar surface area (TPSA) is 67.9 Å². The van der Waals surface area contributed by atoms with E-state index in [4.69, 9.17) is 9.47 Å². The summed E-state index contributed by atoms with van der Waals surface area (Å²) in [6.45, 7) is 2.82. The zero-order valence-corrected chi connectivity index (χ0v) is 13.2. The van der Waals surface area contributed by atoms with Crippen molar-refractivity contribution in [3.8, 4) is 5.75 Å². The van der Waals surface area contributed by atoms with E-state index in [2.05, 4.69) is 5.32 Å². The minimum atomic E-state index is -0.335. The maximum atomic E-state index is 12.3. The SMILES string of the molecule is COC[C@@H](C)N1C[C@H](C(=O)Nc2cccc(OC)c2)CC1=O. The Kier molecular flexibility index (Phi) is 5.38. The zero-order valence-electron chi connectivity index (χ0n) is 13.2. The van der Waals surface area contributed by atoms with E-state index in [1.165, 1.54) is 0 Å². The molecule has 2 amide bonds. The highest BCUT2D eigenvalue weighted by Crippen LogP contribution is 2.23. The Bertz CT molecular complexity index is 547. The molecule has 0 bridgehead atoms. The van der Waals surface area contributed by atoms with Crippen LogP contribution in [0.15, 0.2) is 24.3 Å².